The van der Waals surface area contributed by atoms with E-state index in [0.29, 0.717) is 13.1 Å². The number of hydrogen-bond acceptors (Lipinski definition) is 4. The highest BCUT2D eigenvalue weighted by Crippen LogP contribution is 2.28. The molecule has 0 bridgehead atoms. The maximum atomic E-state index is 12.5. The molecule has 1 aliphatic rings. The van der Waals surface area contributed by atoms with Gasteiger partial charge in [-0.15, -0.1) is 0 Å². The standard InChI is InChI=1S/C21H26N2O3/c1-16-8-9-19(17(2)14-16)26-15-21(24)23-12-10-22(11-13-23)18-6-4-5-7-20(18)25-3/h4-9,14H,10-13,15H2,1-3H3. The van der Waals surface area contributed by atoms with Crippen LogP contribution in [0.25, 0.3) is 0 Å². The molecule has 5 nitrogen and oxygen atoms in total. The molecule has 26 heavy (non-hydrogen) atoms. The Morgan fingerprint density at radius 1 is 1.00 bits per heavy atom. The highest BCUT2D eigenvalue weighted by Gasteiger charge is 2.23. The van der Waals surface area contributed by atoms with E-state index in [0.717, 1.165) is 35.8 Å². The van der Waals surface area contributed by atoms with Crippen molar-refractivity contribution in [3.05, 3.63) is 53.6 Å². The maximum absolute atomic E-state index is 12.5. The zero-order valence-corrected chi connectivity index (χ0v) is 15.7. The number of aryl methyl sites for hydroxylation is 2. The number of para-hydroxylation sites is 2. The van der Waals surface area contributed by atoms with Crippen LogP contribution in [0.3, 0.4) is 0 Å². The van der Waals surface area contributed by atoms with Crippen LogP contribution in [0.2, 0.25) is 0 Å². The van der Waals surface area contributed by atoms with E-state index in [-0.39, 0.29) is 12.5 Å². The Bertz CT molecular complexity index is 768. The third kappa shape index (κ3) is 4.10. The molecule has 1 heterocycles. The smallest absolute Gasteiger partial charge is 0.260 e. The molecule has 1 aliphatic heterocycles. The quantitative estimate of drug-likeness (QED) is 0.828. The van der Waals surface area contributed by atoms with Gasteiger partial charge in [-0.05, 0) is 37.6 Å². The summed E-state index contributed by atoms with van der Waals surface area (Å²) in [5.74, 6) is 1.67. The summed E-state index contributed by atoms with van der Waals surface area (Å²) in [5, 5.41) is 0. The fraction of sp³-hybridized carbons (Fsp3) is 0.381. The molecule has 0 unspecified atom stereocenters. The topological polar surface area (TPSA) is 42.0 Å². The minimum atomic E-state index is 0.0321. The second-order valence-corrected chi connectivity index (χ2v) is 6.60. The second-order valence-electron chi connectivity index (χ2n) is 6.60. The fourth-order valence-corrected chi connectivity index (χ4v) is 3.28. The molecule has 0 aliphatic carbocycles. The first-order chi connectivity index (χ1) is 12.6. The van der Waals surface area contributed by atoms with Crippen LogP contribution in [0.15, 0.2) is 42.5 Å². The molecule has 2 aromatic rings. The highest BCUT2D eigenvalue weighted by atomic mass is 16.5. The van der Waals surface area contributed by atoms with E-state index in [9.17, 15) is 4.79 Å². The SMILES string of the molecule is COc1ccccc1N1CCN(C(=O)COc2ccc(C)cc2C)CC1. The zero-order valence-electron chi connectivity index (χ0n) is 15.7. The van der Waals surface area contributed by atoms with Crippen molar-refractivity contribution in [1.82, 2.24) is 4.90 Å². The normalized spacial score (nSPS) is 14.3. The summed E-state index contributed by atoms with van der Waals surface area (Å²) in [6.45, 7) is 7.08. The van der Waals surface area contributed by atoms with Crippen LogP contribution in [0.4, 0.5) is 5.69 Å². The third-order valence-electron chi connectivity index (χ3n) is 4.74. The lowest BCUT2D eigenvalue weighted by Crippen LogP contribution is -2.50. The number of anilines is 1. The van der Waals surface area contributed by atoms with Gasteiger partial charge in [0, 0.05) is 26.2 Å². The van der Waals surface area contributed by atoms with Gasteiger partial charge in [-0.1, -0.05) is 29.8 Å². The number of benzene rings is 2. The Kier molecular flexibility index (Phi) is 5.66. The van der Waals surface area contributed by atoms with Crippen molar-refractivity contribution in [3.8, 4) is 11.5 Å². The molecular weight excluding hydrogens is 328 g/mol. The molecular formula is C21H26N2O3. The van der Waals surface area contributed by atoms with Gasteiger partial charge in [0.05, 0.1) is 12.8 Å². The molecule has 1 fully saturated rings. The number of hydrogen-bond donors (Lipinski definition) is 0. The van der Waals surface area contributed by atoms with Crippen molar-refractivity contribution in [2.45, 2.75) is 13.8 Å². The predicted octanol–water partition coefficient (Wildman–Crippen LogP) is 3.04. The van der Waals surface area contributed by atoms with Crippen molar-refractivity contribution in [2.24, 2.45) is 0 Å². The molecule has 1 amide bonds. The van der Waals surface area contributed by atoms with Gasteiger partial charge in [0.25, 0.3) is 5.91 Å². The summed E-state index contributed by atoms with van der Waals surface area (Å²) in [7, 11) is 1.68. The molecule has 2 aromatic carbocycles. The third-order valence-corrected chi connectivity index (χ3v) is 4.74. The fourth-order valence-electron chi connectivity index (χ4n) is 3.28. The summed E-state index contributed by atoms with van der Waals surface area (Å²) in [5.41, 5.74) is 3.32. The van der Waals surface area contributed by atoms with E-state index in [1.807, 2.05) is 49.1 Å². The Balaban J connectivity index is 1.53. The van der Waals surface area contributed by atoms with Crippen LogP contribution in [0, 0.1) is 13.8 Å². The number of methoxy groups -OCH3 is 1. The molecule has 3 rings (SSSR count). The predicted molar refractivity (Wildman–Crippen MR) is 103 cm³/mol. The minimum Gasteiger partial charge on any atom is -0.495 e. The van der Waals surface area contributed by atoms with Crippen LogP contribution < -0.4 is 14.4 Å². The minimum absolute atomic E-state index is 0.0321. The summed E-state index contributed by atoms with van der Waals surface area (Å²) in [6, 6.07) is 14.0. The monoisotopic (exact) mass is 354 g/mol. The summed E-state index contributed by atoms with van der Waals surface area (Å²) in [4.78, 5) is 16.6. The number of rotatable bonds is 5. The molecule has 0 atom stereocenters. The molecule has 0 radical (unpaired) electrons. The molecule has 0 saturated carbocycles. The maximum Gasteiger partial charge on any atom is 0.260 e. The first kappa shape index (κ1) is 18.1. The van der Waals surface area contributed by atoms with Gasteiger partial charge >= 0.3 is 0 Å². The van der Waals surface area contributed by atoms with Crippen molar-refractivity contribution in [3.63, 3.8) is 0 Å². The first-order valence-corrected chi connectivity index (χ1v) is 8.94. The average molecular weight is 354 g/mol. The van der Waals surface area contributed by atoms with Gasteiger partial charge in [-0.3, -0.25) is 4.79 Å². The van der Waals surface area contributed by atoms with Gasteiger partial charge in [0.2, 0.25) is 0 Å². The molecule has 1 saturated heterocycles. The number of piperazine rings is 1. The molecule has 138 valence electrons. The van der Waals surface area contributed by atoms with E-state index in [2.05, 4.69) is 17.0 Å². The number of carbonyl (C=O) groups excluding carboxylic acids is 1. The van der Waals surface area contributed by atoms with Crippen LogP contribution in [0.5, 0.6) is 11.5 Å². The summed E-state index contributed by atoms with van der Waals surface area (Å²) in [6.07, 6.45) is 0. The first-order valence-electron chi connectivity index (χ1n) is 8.94. The van der Waals surface area contributed by atoms with E-state index in [1.165, 1.54) is 5.56 Å². The largest absolute Gasteiger partial charge is 0.495 e. The van der Waals surface area contributed by atoms with Gasteiger partial charge in [0.15, 0.2) is 6.61 Å². The van der Waals surface area contributed by atoms with E-state index >= 15 is 0 Å². The Morgan fingerprint density at radius 3 is 2.42 bits per heavy atom. The number of amides is 1. The Labute approximate surface area is 155 Å². The summed E-state index contributed by atoms with van der Waals surface area (Å²) < 4.78 is 11.2. The van der Waals surface area contributed by atoms with E-state index < -0.39 is 0 Å². The second kappa shape index (κ2) is 8.13. The average Bonchev–Trinajstić information content (AvgIpc) is 2.67. The lowest BCUT2D eigenvalue weighted by molar-refractivity contribution is -0.133. The molecule has 0 aromatic heterocycles. The zero-order chi connectivity index (χ0) is 18.5. The van der Waals surface area contributed by atoms with E-state index in [1.54, 1.807) is 7.11 Å². The van der Waals surface area contributed by atoms with Gasteiger partial charge in [-0.25, -0.2) is 0 Å². The van der Waals surface area contributed by atoms with Gasteiger partial charge in [0.1, 0.15) is 11.5 Å². The van der Waals surface area contributed by atoms with E-state index in [4.69, 9.17) is 9.47 Å². The van der Waals surface area contributed by atoms with Crippen molar-refractivity contribution in [2.75, 3.05) is 44.8 Å². The molecule has 0 N–H and O–H groups in total. The lowest BCUT2D eigenvalue weighted by Gasteiger charge is -2.36. The number of ether oxygens (including phenoxy) is 2. The lowest BCUT2D eigenvalue weighted by atomic mass is 10.1. The van der Waals surface area contributed by atoms with Gasteiger partial charge < -0.3 is 19.3 Å². The molecule has 5 heteroatoms. The van der Waals surface area contributed by atoms with Crippen LogP contribution in [0.1, 0.15) is 11.1 Å². The van der Waals surface area contributed by atoms with Crippen LogP contribution in [-0.2, 0) is 4.79 Å². The molecule has 0 spiro atoms. The van der Waals surface area contributed by atoms with Gasteiger partial charge in [-0.2, -0.15) is 0 Å². The number of carbonyl (C=O) groups is 1. The Hall–Kier alpha value is -2.69. The van der Waals surface area contributed by atoms with Crippen molar-refractivity contribution < 1.29 is 14.3 Å². The Morgan fingerprint density at radius 2 is 1.73 bits per heavy atom. The van der Waals surface area contributed by atoms with Crippen molar-refractivity contribution >= 4 is 11.6 Å². The van der Waals surface area contributed by atoms with Crippen molar-refractivity contribution in [1.29, 1.82) is 0 Å². The highest BCUT2D eigenvalue weighted by molar-refractivity contribution is 5.78. The van der Waals surface area contributed by atoms with Crippen LogP contribution >= 0.6 is 0 Å². The van der Waals surface area contributed by atoms with Crippen LogP contribution in [-0.4, -0.2) is 50.7 Å². The number of nitrogens with zero attached hydrogens (tertiary/aromatic N) is 2. The summed E-state index contributed by atoms with van der Waals surface area (Å²) >= 11 is 0.